The predicted octanol–water partition coefficient (Wildman–Crippen LogP) is 5.98. The molecule has 0 spiro atoms. The van der Waals surface area contributed by atoms with Gasteiger partial charge in [0.2, 0.25) is 5.78 Å². The van der Waals surface area contributed by atoms with Gasteiger partial charge in [0.05, 0.1) is 15.5 Å². The summed E-state index contributed by atoms with van der Waals surface area (Å²) in [5, 5.41) is 3.79. The Balaban J connectivity index is 1.89. The summed E-state index contributed by atoms with van der Waals surface area (Å²) in [7, 11) is 0. The zero-order valence-corrected chi connectivity index (χ0v) is 13.6. The van der Waals surface area contributed by atoms with E-state index < -0.39 is 0 Å². The smallest absolute Gasteiger partial charge is 0.205 e. The molecular formula is C15H7Cl2NOS2. The van der Waals surface area contributed by atoms with Crippen molar-refractivity contribution in [2.75, 3.05) is 0 Å². The molecule has 6 heteroatoms. The first-order valence-electron chi connectivity index (χ1n) is 6.11. The van der Waals surface area contributed by atoms with Crippen LogP contribution in [0.2, 0.25) is 10.0 Å². The van der Waals surface area contributed by atoms with Crippen LogP contribution in [0.5, 0.6) is 0 Å². The fourth-order valence-corrected chi connectivity index (χ4v) is 5.03. The molecule has 1 N–H and O–H groups in total. The number of thiophene rings is 2. The minimum absolute atomic E-state index is 0.0149. The maximum absolute atomic E-state index is 12.7. The van der Waals surface area contributed by atoms with Gasteiger partial charge in [-0.25, -0.2) is 0 Å². The summed E-state index contributed by atoms with van der Waals surface area (Å²) in [4.78, 5) is 16.5. The van der Waals surface area contributed by atoms with Crippen LogP contribution in [0.4, 0.5) is 0 Å². The first-order valence-corrected chi connectivity index (χ1v) is 8.56. The van der Waals surface area contributed by atoms with Crippen LogP contribution >= 0.6 is 45.9 Å². The van der Waals surface area contributed by atoms with E-state index in [1.165, 1.54) is 11.3 Å². The monoisotopic (exact) mass is 351 g/mol. The lowest BCUT2D eigenvalue weighted by molar-refractivity contribution is 0.104. The second-order valence-corrected chi connectivity index (χ2v) is 7.48. The number of rotatable bonds is 2. The van der Waals surface area contributed by atoms with Gasteiger partial charge in [0.15, 0.2) is 0 Å². The van der Waals surface area contributed by atoms with Gasteiger partial charge in [0.25, 0.3) is 0 Å². The fraction of sp³-hybridized carbons (Fsp3) is 0. The molecule has 104 valence electrons. The molecule has 0 amide bonds. The normalized spacial score (nSPS) is 11.5. The summed E-state index contributed by atoms with van der Waals surface area (Å²) in [6.07, 6.45) is 1.70. The number of fused-ring (bicyclic) bond motifs is 2. The molecule has 0 saturated heterocycles. The first-order chi connectivity index (χ1) is 10.1. The van der Waals surface area contributed by atoms with Crippen molar-refractivity contribution in [1.29, 1.82) is 0 Å². The summed E-state index contributed by atoms with van der Waals surface area (Å²) in [5.41, 5.74) is 1.36. The third-order valence-corrected chi connectivity index (χ3v) is 5.91. The molecule has 0 aliphatic rings. The van der Waals surface area contributed by atoms with E-state index in [9.17, 15) is 4.79 Å². The quantitative estimate of drug-likeness (QED) is 0.442. The van der Waals surface area contributed by atoms with Gasteiger partial charge in [-0.3, -0.25) is 4.79 Å². The number of aromatic amines is 1. The van der Waals surface area contributed by atoms with Crippen molar-refractivity contribution in [3.8, 4) is 0 Å². The Morgan fingerprint density at radius 3 is 2.81 bits per heavy atom. The average molecular weight is 352 g/mol. The highest BCUT2D eigenvalue weighted by molar-refractivity contribution is 7.28. The number of nitrogens with one attached hydrogen (secondary N) is 1. The van der Waals surface area contributed by atoms with Crippen molar-refractivity contribution in [1.82, 2.24) is 4.98 Å². The van der Waals surface area contributed by atoms with Crippen LogP contribution in [0.3, 0.4) is 0 Å². The lowest BCUT2D eigenvalue weighted by Crippen LogP contribution is -1.97. The minimum Gasteiger partial charge on any atom is -0.360 e. The Bertz CT molecular complexity index is 967. The third-order valence-electron chi connectivity index (χ3n) is 3.30. The van der Waals surface area contributed by atoms with Crippen LogP contribution < -0.4 is 0 Å². The molecule has 3 heterocycles. The van der Waals surface area contributed by atoms with E-state index in [4.69, 9.17) is 23.2 Å². The van der Waals surface area contributed by atoms with Gasteiger partial charge in [0, 0.05) is 31.5 Å². The van der Waals surface area contributed by atoms with Crippen molar-refractivity contribution in [3.63, 3.8) is 0 Å². The number of H-pyrrole nitrogens is 1. The number of carbonyl (C=O) groups excluding carboxylic acids is 1. The van der Waals surface area contributed by atoms with Crippen molar-refractivity contribution in [2.45, 2.75) is 0 Å². The van der Waals surface area contributed by atoms with Crippen LogP contribution in [-0.4, -0.2) is 10.8 Å². The molecule has 0 radical (unpaired) electrons. The summed E-state index contributed by atoms with van der Waals surface area (Å²) >= 11 is 15.4. The second-order valence-electron chi connectivity index (χ2n) is 4.60. The molecule has 0 aliphatic carbocycles. The van der Waals surface area contributed by atoms with Crippen LogP contribution in [0.1, 0.15) is 15.2 Å². The largest absolute Gasteiger partial charge is 0.360 e. The van der Waals surface area contributed by atoms with E-state index in [1.54, 1.807) is 29.7 Å². The molecule has 1 aromatic carbocycles. The molecule has 4 aromatic rings. The number of hydrogen-bond acceptors (Lipinski definition) is 3. The van der Waals surface area contributed by atoms with Gasteiger partial charge < -0.3 is 4.98 Å². The molecule has 0 bridgehead atoms. The minimum atomic E-state index is -0.0149. The third kappa shape index (κ3) is 2.10. The maximum atomic E-state index is 12.7. The molecule has 0 unspecified atom stereocenters. The van der Waals surface area contributed by atoms with Crippen molar-refractivity contribution < 1.29 is 4.79 Å². The number of ketones is 1. The lowest BCUT2D eigenvalue weighted by atomic mass is 10.1. The van der Waals surface area contributed by atoms with E-state index in [0.29, 0.717) is 15.6 Å². The summed E-state index contributed by atoms with van der Waals surface area (Å²) < 4.78 is 2.27. The van der Waals surface area contributed by atoms with E-state index in [2.05, 4.69) is 4.98 Å². The number of halogens is 2. The average Bonchev–Trinajstić information content (AvgIpc) is 3.10. The van der Waals surface area contributed by atoms with Gasteiger partial charge in [-0.1, -0.05) is 23.2 Å². The Hall–Kier alpha value is -1.33. The van der Waals surface area contributed by atoms with Gasteiger partial charge in [-0.2, -0.15) is 0 Å². The van der Waals surface area contributed by atoms with E-state index in [1.807, 2.05) is 17.5 Å². The zero-order valence-electron chi connectivity index (χ0n) is 10.4. The van der Waals surface area contributed by atoms with E-state index in [-0.39, 0.29) is 5.78 Å². The summed E-state index contributed by atoms with van der Waals surface area (Å²) in [5.74, 6) is -0.0149. The molecule has 0 aliphatic heterocycles. The van der Waals surface area contributed by atoms with Crippen molar-refractivity contribution in [3.05, 3.63) is 56.3 Å². The fourth-order valence-electron chi connectivity index (χ4n) is 2.37. The molecular weight excluding hydrogens is 345 g/mol. The Labute approximate surface area is 137 Å². The molecule has 0 fully saturated rings. The first kappa shape index (κ1) is 13.3. The highest BCUT2D eigenvalue weighted by atomic mass is 35.5. The van der Waals surface area contributed by atoms with Gasteiger partial charge >= 0.3 is 0 Å². The molecule has 21 heavy (non-hydrogen) atoms. The van der Waals surface area contributed by atoms with Crippen LogP contribution in [-0.2, 0) is 0 Å². The Morgan fingerprint density at radius 2 is 2.00 bits per heavy atom. The van der Waals surface area contributed by atoms with Gasteiger partial charge in [-0.15, -0.1) is 22.7 Å². The van der Waals surface area contributed by atoms with Crippen LogP contribution in [0.15, 0.2) is 35.8 Å². The van der Waals surface area contributed by atoms with Crippen molar-refractivity contribution in [2.24, 2.45) is 0 Å². The summed E-state index contributed by atoms with van der Waals surface area (Å²) in [6.45, 7) is 0. The molecule has 0 atom stereocenters. The van der Waals surface area contributed by atoms with E-state index >= 15 is 0 Å². The molecule has 2 nitrogen and oxygen atoms in total. The Kier molecular flexibility index (Phi) is 3.08. The molecule has 3 aromatic heterocycles. The summed E-state index contributed by atoms with van der Waals surface area (Å²) in [6, 6.07) is 7.40. The lowest BCUT2D eigenvalue weighted by Gasteiger charge is -2.00. The van der Waals surface area contributed by atoms with E-state index in [0.717, 1.165) is 25.2 Å². The number of hydrogen-bond donors (Lipinski definition) is 1. The second kappa shape index (κ2) is 4.85. The SMILES string of the molecule is O=C(c1cc2sccc2s1)c1c[nH]c2cc(Cl)cc(Cl)c12. The van der Waals surface area contributed by atoms with Crippen LogP contribution in [0.25, 0.3) is 20.3 Å². The predicted molar refractivity (Wildman–Crippen MR) is 91.5 cm³/mol. The van der Waals surface area contributed by atoms with Crippen LogP contribution in [0, 0.1) is 0 Å². The topological polar surface area (TPSA) is 32.9 Å². The number of benzene rings is 1. The number of aromatic nitrogens is 1. The highest BCUT2D eigenvalue weighted by Crippen LogP contribution is 2.35. The highest BCUT2D eigenvalue weighted by Gasteiger charge is 2.19. The number of carbonyl (C=O) groups is 1. The van der Waals surface area contributed by atoms with Gasteiger partial charge in [0.1, 0.15) is 0 Å². The van der Waals surface area contributed by atoms with Crippen molar-refractivity contribution >= 4 is 72.0 Å². The zero-order chi connectivity index (χ0) is 14.6. The van der Waals surface area contributed by atoms with Gasteiger partial charge in [-0.05, 0) is 29.6 Å². The Morgan fingerprint density at radius 1 is 1.14 bits per heavy atom. The standard InChI is InChI=1S/C15H7Cl2NOS2/c16-7-3-9(17)14-8(6-18-10(14)4-7)15(19)13-5-12-11(21-13)1-2-20-12/h1-6,18H. The molecule has 0 saturated carbocycles. The molecule has 4 rings (SSSR count). The maximum Gasteiger partial charge on any atom is 0.205 e.